The first kappa shape index (κ1) is 75.5. The van der Waals surface area contributed by atoms with Gasteiger partial charge in [0.25, 0.3) is 5.91 Å². The maximum Gasteiger partial charge on any atom is 0.323 e. The predicted octanol–water partition coefficient (Wildman–Crippen LogP) is 3.69. The van der Waals surface area contributed by atoms with Crippen molar-refractivity contribution in [2.45, 2.75) is 136 Å². The lowest BCUT2D eigenvalue weighted by molar-refractivity contribution is -0.349. The normalized spacial score (nSPS) is 15.9. The molecule has 31 heteroatoms. The largest absolute Gasteiger partial charge is 0.480 e. The number of aromatic amines is 1. The summed E-state index contributed by atoms with van der Waals surface area (Å²) in [6.07, 6.45) is 4.59. The first-order valence-electron chi connectivity index (χ1n) is 30.2. The number of hydrogen-bond donors (Lipinski definition) is 10. The number of rotatable bonds is 30. The van der Waals surface area contributed by atoms with Crippen LogP contribution in [0, 0.1) is 20.8 Å². The quantitative estimate of drug-likeness (QED) is 0.0154. The lowest BCUT2D eigenvalue weighted by Crippen LogP contribution is -2.53. The van der Waals surface area contributed by atoms with Crippen LogP contribution in [0.15, 0.2) is 58.6 Å². The van der Waals surface area contributed by atoms with Crippen LogP contribution in [-0.4, -0.2) is 230 Å². The maximum absolute atomic E-state index is 14.1. The van der Waals surface area contributed by atoms with Crippen molar-refractivity contribution < 1.29 is 75.4 Å². The number of carbonyl (C=O) groups is 5. The van der Waals surface area contributed by atoms with Gasteiger partial charge in [0.05, 0.1) is 64.5 Å². The number of aliphatic carboxylic acids is 1. The number of aromatic nitrogens is 3. The molecule has 29 nitrogen and oxygen atoms in total. The highest BCUT2D eigenvalue weighted by Gasteiger charge is 2.32. The van der Waals surface area contributed by atoms with E-state index in [4.69, 9.17) is 24.3 Å². The molecule has 1 fully saturated rings. The molecule has 2 aromatic carbocycles. The number of carboxylic acid groups (broad SMARTS) is 1. The molecule has 0 radical (unpaired) electrons. The average Bonchev–Trinajstić information content (AvgIpc) is 0.906. The third-order valence-electron chi connectivity index (χ3n) is 13.9. The second-order valence-electron chi connectivity index (χ2n) is 25.6. The number of fused-ring (bicyclic) bond motifs is 1. The van der Waals surface area contributed by atoms with E-state index in [-0.39, 0.29) is 62.6 Å². The third kappa shape index (κ3) is 27.1. The standard InChI is InChI=1S/C60H96N12O17S2/c1-41-32-42(2)53(43(3)33-41)91(83,84)67-47(56(78)79)36-64-54(76)46-37-72(49-34-44(14-15-45(49)52(46)75)35-65-57-62-17-18-63-57)19-13-16-61-55(77)48(40-90(80,81)82)66-50(73)38-70-24-22-68(28-30-85-88-59(7,8)9)20-21-69(29-31-86-89-60(10,11)12)23-25-71(27-26-70)39-51(74)87-58(4,5)6/h14-15,17-18,32-34,37,47-48,67,80-82H,13,16,19-31,35-36,38-40H2,1-12H3,(H,61,77)(H,64,76)(H,66,73)(H,78,79)(H2,62,63,65)/t47-,48-/m0/s1. The van der Waals surface area contributed by atoms with Crippen molar-refractivity contribution in [1.82, 2.24) is 54.8 Å². The van der Waals surface area contributed by atoms with Gasteiger partial charge < -0.3 is 54.3 Å². The molecule has 5 rings (SSSR count). The fourth-order valence-corrected chi connectivity index (χ4v) is 12.2. The van der Waals surface area contributed by atoms with E-state index in [9.17, 15) is 55.9 Å². The van der Waals surface area contributed by atoms with Crippen molar-refractivity contribution >= 4 is 67.4 Å². The molecule has 0 saturated carbocycles. The Labute approximate surface area is 534 Å². The van der Waals surface area contributed by atoms with Crippen LogP contribution in [-0.2, 0) is 66.6 Å². The smallest absolute Gasteiger partial charge is 0.323 e. The lowest BCUT2D eigenvalue weighted by Gasteiger charge is -2.34. The fourth-order valence-electron chi connectivity index (χ4n) is 9.85. The number of carbonyl (C=O) groups excluding carboxylic acids is 4. The van der Waals surface area contributed by atoms with Crippen molar-refractivity contribution in [3.8, 4) is 0 Å². The zero-order valence-electron chi connectivity index (χ0n) is 54.5. The molecule has 1 aliphatic rings. The summed E-state index contributed by atoms with van der Waals surface area (Å²) in [7, 11) is -8.78. The number of aryl methyl sites for hydroxylation is 4. The summed E-state index contributed by atoms with van der Waals surface area (Å²) in [6, 6.07) is 4.72. The van der Waals surface area contributed by atoms with Crippen molar-refractivity contribution in [3.05, 3.63) is 87.0 Å². The molecule has 510 valence electrons. The molecule has 1 aliphatic heterocycles. The summed E-state index contributed by atoms with van der Waals surface area (Å²) in [6.45, 7) is 25.7. The molecule has 2 aromatic heterocycles. The van der Waals surface area contributed by atoms with Crippen molar-refractivity contribution in [2.75, 3.05) is 116 Å². The Morgan fingerprint density at radius 2 is 1.29 bits per heavy atom. The third-order valence-corrected chi connectivity index (χ3v) is 16.4. The molecular formula is C60H96N12O17S2. The predicted molar refractivity (Wildman–Crippen MR) is 344 cm³/mol. The molecule has 3 amide bonds. The number of imidazole rings is 1. The first-order valence-corrected chi connectivity index (χ1v) is 33.4. The molecule has 3 heterocycles. The van der Waals surface area contributed by atoms with E-state index in [0.29, 0.717) is 93.7 Å². The first-order chi connectivity index (χ1) is 42.4. The van der Waals surface area contributed by atoms with Gasteiger partial charge in [0.2, 0.25) is 27.3 Å². The van der Waals surface area contributed by atoms with Gasteiger partial charge in [0.15, 0.2) is 5.95 Å². The minimum absolute atomic E-state index is 0.0386. The van der Waals surface area contributed by atoms with Gasteiger partial charge in [-0.1, -0.05) is 23.8 Å². The van der Waals surface area contributed by atoms with E-state index in [2.05, 4.69) is 45.8 Å². The molecule has 0 unspecified atom stereocenters. The van der Waals surface area contributed by atoms with Crippen LogP contribution in [0.25, 0.3) is 10.9 Å². The minimum Gasteiger partial charge on any atom is -0.480 e. The number of sulfonamides is 1. The average molecular weight is 1320 g/mol. The van der Waals surface area contributed by atoms with Crippen LogP contribution in [0.4, 0.5) is 5.95 Å². The highest BCUT2D eigenvalue weighted by molar-refractivity contribution is 8.19. The molecular weight excluding hydrogens is 1220 g/mol. The number of ether oxygens (including phenoxy) is 1. The van der Waals surface area contributed by atoms with Crippen LogP contribution in [0.2, 0.25) is 0 Å². The Bertz CT molecular complexity index is 3210. The van der Waals surface area contributed by atoms with E-state index in [1.807, 2.05) is 51.3 Å². The number of pyridine rings is 1. The monoisotopic (exact) mass is 1320 g/mol. The SMILES string of the molecule is Cc1cc(C)c(S(=O)(=O)N[C@@H](CNC(=O)c2cn(CCCNC(=O)[C@H](CS(O)(O)O)NC(=O)CN3CCN(CCOOC(C)(C)C)CCN(CCOOC(C)(C)C)CCN(CC(=O)OC(C)(C)C)CC3)c3cc(CNc4ncc[nH]4)ccc3c2=O)C(=O)O)c(C)c1. The Balaban J connectivity index is 1.33. The van der Waals surface area contributed by atoms with Crippen LogP contribution in [0.1, 0.15) is 101 Å². The van der Waals surface area contributed by atoms with Crippen molar-refractivity contribution in [2.24, 2.45) is 0 Å². The summed E-state index contributed by atoms with van der Waals surface area (Å²) >= 11 is 0. The van der Waals surface area contributed by atoms with Crippen molar-refractivity contribution in [1.29, 1.82) is 0 Å². The topological polar surface area (TPSA) is 370 Å². The summed E-state index contributed by atoms with van der Waals surface area (Å²) in [5, 5.41) is 21.0. The van der Waals surface area contributed by atoms with Gasteiger partial charge in [-0.25, -0.2) is 33.0 Å². The van der Waals surface area contributed by atoms with E-state index in [0.717, 1.165) is 5.56 Å². The molecule has 10 N–H and O–H groups in total. The summed E-state index contributed by atoms with van der Waals surface area (Å²) in [4.78, 5) is 119. The molecule has 0 spiro atoms. The number of hydrogen-bond acceptors (Lipinski definition) is 22. The summed E-state index contributed by atoms with van der Waals surface area (Å²) in [5.74, 6) is -5.03. The Kier molecular flexibility index (Phi) is 28.3. The summed E-state index contributed by atoms with van der Waals surface area (Å²) < 4.78 is 67.4. The van der Waals surface area contributed by atoms with E-state index in [1.165, 1.54) is 12.3 Å². The number of anilines is 1. The highest BCUT2D eigenvalue weighted by atomic mass is 32.3. The van der Waals surface area contributed by atoms with Gasteiger partial charge in [0.1, 0.15) is 23.2 Å². The number of esters is 1. The van der Waals surface area contributed by atoms with Crippen LogP contribution >= 0.6 is 10.9 Å². The van der Waals surface area contributed by atoms with Gasteiger partial charge >= 0.3 is 11.9 Å². The van der Waals surface area contributed by atoms with E-state index in [1.54, 1.807) is 82.8 Å². The number of carboxylic acids is 1. The molecule has 0 bridgehead atoms. The minimum atomic E-state index is -4.41. The molecule has 1 saturated heterocycles. The summed E-state index contributed by atoms with van der Waals surface area (Å²) in [5.41, 5.74) is -0.237. The lowest BCUT2D eigenvalue weighted by atomic mass is 10.1. The number of H-pyrrole nitrogens is 1. The van der Waals surface area contributed by atoms with Gasteiger partial charge in [-0.05, 0) is 118 Å². The van der Waals surface area contributed by atoms with Gasteiger partial charge in [-0.3, -0.25) is 48.4 Å². The fraction of sp³-hybridized carbons (Fsp3) is 0.617. The zero-order chi connectivity index (χ0) is 67.5. The van der Waals surface area contributed by atoms with Gasteiger partial charge in [0, 0.05) is 116 Å². The molecule has 0 aliphatic carbocycles. The van der Waals surface area contributed by atoms with Crippen LogP contribution in [0.5, 0.6) is 0 Å². The van der Waals surface area contributed by atoms with Crippen LogP contribution in [0.3, 0.4) is 0 Å². The number of benzene rings is 2. The van der Waals surface area contributed by atoms with Crippen LogP contribution < -0.4 is 31.4 Å². The van der Waals surface area contributed by atoms with Crippen molar-refractivity contribution in [3.63, 3.8) is 0 Å². The van der Waals surface area contributed by atoms with Gasteiger partial charge in [-0.15, -0.1) is 0 Å². The maximum atomic E-state index is 14.1. The number of amides is 3. The zero-order valence-corrected chi connectivity index (χ0v) is 56.1. The van der Waals surface area contributed by atoms with E-state index < -0.39 is 103 Å². The Hall–Kier alpha value is -6.17. The molecule has 2 atom stereocenters. The Morgan fingerprint density at radius 3 is 1.80 bits per heavy atom. The highest BCUT2D eigenvalue weighted by Crippen LogP contribution is 2.33. The Morgan fingerprint density at radius 1 is 0.725 bits per heavy atom. The number of nitrogens with one attached hydrogen (secondary N) is 6. The second kappa shape index (κ2) is 34.1. The molecule has 4 aromatic rings. The number of nitrogens with zero attached hydrogens (tertiary/aromatic N) is 6. The molecule has 91 heavy (non-hydrogen) atoms. The second-order valence-corrected chi connectivity index (χ2v) is 28.8. The van der Waals surface area contributed by atoms with Gasteiger partial charge in [-0.2, -0.15) is 4.72 Å². The van der Waals surface area contributed by atoms with E-state index >= 15 is 0 Å².